The van der Waals surface area contributed by atoms with Crippen molar-refractivity contribution in [3.63, 3.8) is 0 Å². The van der Waals surface area contributed by atoms with Crippen LogP contribution in [0.5, 0.6) is 0 Å². The predicted molar refractivity (Wildman–Crippen MR) is 71.0 cm³/mol. The molecular weight excluding hydrogens is 214 g/mol. The van der Waals surface area contributed by atoms with Gasteiger partial charge in [-0.05, 0) is 37.1 Å². The van der Waals surface area contributed by atoms with Crippen molar-refractivity contribution < 1.29 is 0 Å². The molecule has 1 nitrogen and oxygen atoms in total. The minimum absolute atomic E-state index is 0.916. The maximum atomic E-state index is 5.90. The highest BCUT2D eigenvalue weighted by molar-refractivity contribution is 8.03. The number of hydrogen-bond acceptors (Lipinski definition) is 2. The molecule has 2 N–H and O–H groups in total. The van der Waals surface area contributed by atoms with Crippen LogP contribution in [-0.4, -0.2) is 0 Å². The molecule has 2 rings (SSSR count). The van der Waals surface area contributed by atoms with Crippen LogP contribution in [0.3, 0.4) is 0 Å². The second-order valence-electron chi connectivity index (χ2n) is 3.74. The van der Waals surface area contributed by atoms with Gasteiger partial charge < -0.3 is 5.73 Å². The molecule has 0 radical (unpaired) electrons. The van der Waals surface area contributed by atoms with Crippen molar-refractivity contribution in [2.24, 2.45) is 5.73 Å². The maximum Gasteiger partial charge on any atom is 0.0174 e. The van der Waals surface area contributed by atoms with Gasteiger partial charge in [0, 0.05) is 15.5 Å². The fraction of sp³-hybridized carbons (Fsp3) is 0.143. The van der Waals surface area contributed by atoms with E-state index in [4.69, 9.17) is 5.73 Å². The standard InChI is InChI=1S/C14H15NS/c1-11(15)13-9-5-6-10-14(13)16-12-7-3-2-4-8-12/h2-8,10H,9,15H2,1H3/b13-11-. The van der Waals surface area contributed by atoms with Gasteiger partial charge in [-0.15, -0.1) is 0 Å². The summed E-state index contributed by atoms with van der Waals surface area (Å²) in [6, 6.07) is 10.4. The fourth-order valence-electron chi connectivity index (χ4n) is 1.61. The summed E-state index contributed by atoms with van der Waals surface area (Å²) in [5.41, 5.74) is 8.07. The zero-order chi connectivity index (χ0) is 11.4. The molecule has 1 aliphatic rings. The van der Waals surface area contributed by atoms with Crippen LogP contribution in [0, 0.1) is 0 Å². The third kappa shape index (κ3) is 2.58. The first-order valence-electron chi connectivity index (χ1n) is 5.32. The normalized spacial score (nSPS) is 18.2. The minimum atomic E-state index is 0.916. The number of hydrogen-bond donors (Lipinski definition) is 1. The van der Waals surface area contributed by atoms with E-state index in [-0.39, 0.29) is 0 Å². The monoisotopic (exact) mass is 229 g/mol. The first kappa shape index (κ1) is 11.1. The van der Waals surface area contributed by atoms with E-state index in [9.17, 15) is 0 Å². The van der Waals surface area contributed by atoms with Gasteiger partial charge in [0.2, 0.25) is 0 Å². The van der Waals surface area contributed by atoms with E-state index in [0.717, 1.165) is 12.1 Å². The third-order valence-corrected chi connectivity index (χ3v) is 3.56. The second kappa shape index (κ2) is 5.08. The van der Waals surface area contributed by atoms with Crippen LogP contribution in [0.2, 0.25) is 0 Å². The van der Waals surface area contributed by atoms with Gasteiger partial charge in [0.25, 0.3) is 0 Å². The highest BCUT2D eigenvalue weighted by Crippen LogP contribution is 2.35. The molecule has 82 valence electrons. The van der Waals surface area contributed by atoms with E-state index in [1.54, 1.807) is 11.8 Å². The van der Waals surface area contributed by atoms with E-state index >= 15 is 0 Å². The van der Waals surface area contributed by atoms with E-state index in [1.165, 1.54) is 15.4 Å². The number of nitrogens with two attached hydrogens (primary N) is 1. The molecule has 0 saturated carbocycles. The molecule has 1 aliphatic carbocycles. The van der Waals surface area contributed by atoms with Crippen molar-refractivity contribution in [3.05, 3.63) is 64.7 Å². The Kier molecular flexibility index (Phi) is 3.52. The van der Waals surface area contributed by atoms with E-state index in [1.807, 2.05) is 13.0 Å². The molecule has 16 heavy (non-hydrogen) atoms. The summed E-state index contributed by atoms with van der Waals surface area (Å²) in [6.07, 6.45) is 7.30. The number of allylic oxidation sites excluding steroid dienone is 5. The van der Waals surface area contributed by atoms with Gasteiger partial charge in [0.15, 0.2) is 0 Å². The number of benzene rings is 1. The molecule has 1 aromatic rings. The lowest BCUT2D eigenvalue weighted by Gasteiger charge is -2.14. The zero-order valence-corrected chi connectivity index (χ0v) is 10.1. The molecule has 0 fully saturated rings. The molecule has 2 heteroatoms. The molecule has 0 amide bonds. The fourth-order valence-corrected chi connectivity index (χ4v) is 2.67. The molecule has 1 aromatic carbocycles. The largest absolute Gasteiger partial charge is 0.402 e. The van der Waals surface area contributed by atoms with E-state index < -0.39 is 0 Å². The molecule has 0 spiro atoms. The summed E-state index contributed by atoms with van der Waals surface area (Å²) >= 11 is 1.77. The average Bonchev–Trinajstić information content (AvgIpc) is 2.31. The number of thioether (sulfide) groups is 1. The first-order chi connectivity index (χ1) is 7.77. The van der Waals surface area contributed by atoms with Crippen molar-refractivity contribution in [3.8, 4) is 0 Å². The Bertz CT molecular complexity index is 451. The van der Waals surface area contributed by atoms with Crippen LogP contribution in [-0.2, 0) is 0 Å². The van der Waals surface area contributed by atoms with Crippen molar-refractivity contribution in [2.45, 2.75) is 18.2 Å². The van der Waals surface area contributed by atoms with Crippen molar-refractivity contribution >= 4 is 11.8 Å². The lowest BCUT2D eigenvalue weighted by atomic mass is 10.1. The van der Waals surface area contributed by atoms with Gasteiger partial charge in [-0.3, -0.25) is 0 Å². The third-order valence-electron chi connectivity index (χ3n) is 2.45. The summed E-state index contributed by atoms with van der Waals surface area (Å²) in [5.74, 6) is 0. The van der Waals surface area contributed by atoms with Gasteiger partial charge in [-0.25, -0.2) is 0 Å². The lowest BCUT2D eigenvalue weighted by Crippen LogP contribution is -2.01. The molecule has 0 aliphatic heterocycles. The summed E-state index contributed by atoms with van der Waals surface area (Å²) in [5, 5.41) is 0. The van der Waals surface area contributed by atoms with Crippen LogP contribution < -0.4 is 5.73 Å². The Morgan fingerprint density at radius 1 is 1.25 bits per heavy atom. The van der Waals surface area contributed by atoms with Crippen LogP contribution in [0.15, 0.2) is 69.6 Å². The van der Waals surface area contributed by atoms with Gasteiger partial charge in [0.1, 0.15) is 0 Å². The van der Waals surface area contributed by atoms with E-state index in [0.29, 0.717) is 0 Å². The summed E-state index contributed by atoms with van der Waals surface area (Å²) in [7, 11) is 0. The Morgan fingerprint density at radius 2 is 2.00 bits per heavy atom. The van der Waals surface area contributed by atoms with Gasteiger partial charge in [-0.1, -0.05) is 42.1 Å². The minimum Gasteiger partial charge on any atom is -0.402 e. The lowest BCUT2D eigenvalue weighted by molar-refractivity contribution is 1.14. The summed E-state index contributed by atoms with van der Waals surface area (Å²) < 4.78 is 0. The summed E-state index contributed by atoms with van der Waals surface area (Å²) in [6.45, 7) is 1.97. The average molecular weight is 229 g/mol. The Hall–Kier alpha value is -1.41. The first-order valence-corrected chi connectivity index (χ1v) is 6.14. The van der Waals surface area contributed by atoms with Crippen LogP contribution in [0.1, 0.15) is 13.3 Å². The van der Waals surface area contributed by atoms with Crippen LogP contribution >= 0.6 is 11.8 Å². The van der Waals surface area contributed by atoms with Gasteiger partial charge in [-0.2, -0.15) is 0 Å². The van der Waals surface area contributed by atoms with E-state index in [2.05, 4.69) is 42.5 Å². The Morgan fingerprint density at radius 3 is 2.69 bits per heavy atom. The second-order valence-corrected chi connectivity index (χ2v) is 4.86. The highest BCUT2D eigenvalue weighted by Gasteiger charge is 2.10. The molecule has 0 saturated heterocycles. The smallest absolute Gasteiger partial charge is 0.0174 e. The predicted octanol–water partition coefficient (Wildman–Crippen LogP) is 3.86. The molecular formula is C14H15NS. The number of rotatable bonds is 2. The highest BCUT2D eigenvalue weighted by atomic mass is 32.2. The van der Waals surface area contributed by atoms with Crippen LogP contribution in [0.4, 0.5) is 0 Å². The summed E-state index contributed by atoms with van der Waals surface area (Å²) in [4.78, 5) is 2.51. The van der Waals surface area contributed by atoms with Crippen LogP contribution in [0.25, 0.3) is 0 Å². The molecule has 0 atom stereocenters. The molecule has 0 unspecified atom stereocenters. The Labute approximate surface area is 101 Å². The topological polar surface area (TPSA) is 26.0 Å². The zero-order valence-electron chi connectivity index (χ0n) is 9.31. The van der Waals surface area contributed by atoms with Crippen molar-refractivity contribution in [1.82, 2.24) is 0 Å². The molecule has 0 aromatic heterocycles. The maximum absolute atomic E-state index is 5.90. The SMILES string of the molecule is C/C(N)=C1\CC=CC=C1Sc1ccccc1. The molecule has 0 bridgehead atoms. The molecule has 0 heterocycles. The van der Waals surface area contributed by atoms with Crippen molar-refractivity contribution in [1.29, 1.82) is 0 Å². The van der Waals surface area contributed by atoms with Gasteiger partial charge in [0.05, 0.1) is 0 Å². The van der Waals surface area contributed by atoms with Gasteiger partial charge >= 0.3 is 0 Å². The van der Waals surface area contributed by atoms with Crippen molar-refractivity contribution in [2.75, 3.05) is 0 Å². The Balaban J connectivity index is 2.24. The quantitative estimate of drug-likeness (QED) is 0.833.